The lowest BCUT2D eigenvalue weighted by atomic mass is 9.95. The lowest BCUT2D eigenvalue weighted by molar-refractivity contribution is -0.139. The summed E-state index contributed by atoms with van der Waals surface area (Å²) in [6, 6.07) is 9.64. The van der Waals surface area contributed by atoms with Crippen LogP contribution in [0, 0.1) is 0 Å². The Hall–Kier alpha value is -4.62. The average Bonchev–Trinajstić information content (AvgIpc) is 3.37. The molecule has 244 valence electrons. The minimum absolute atomic E-state index is 0.128. The molecule has 0 aliphatic carbocycles. The SMILES string of the molecule is CCOC(=O)C1=C(C)N=c2s/c(=C/c3ccc(OCC(=O)N4CCOCC4)c(OCC)c3)c(=O)n2[C@H]1c1ccc(OC)cc1OC. The molecule has 0 unspecified atom stereocenters. The highest BCUT2D eigenvalue weighted by Gasteiger charge is 2.35. The molecule has 0 N–H and O–H groups in total. The molecule has 2 aromatic carbocycles. The van der Waals surface area contributed by atoms with Crippen LogP contribution in [0.2, 0.25) is 0 Å². The number of hydrogen-bond donors (Lipinski definition) is 0. The Kier molecular flexibility index (Phi) is 10.4. The number of morpholine rings is 1. The minimum atomic E-state index is -0.850. The van der Waals surface area contributed by atoms with Crippen molar-refractivity contribution < 1.29 is 38.0 Å². The van der Waals surface area contributed by atoms with Crippen molar-refractivity contribution in [2.45, 2.75) is 26.8 Å². The fourth-order valence-electron chi connectivity index (χ4n) is 5.33. The van der Waals surface area contributed by atoms with Crippen LogP contribution in [0.25, 0.3) is 6.08 Å². The molecule has 1 amide bonds. The van der Waals surface area contributed by atoms with Gasteiger partial charge in [0.15, 0.2) is 22.9 Å². The van der Waals surface area contributed by atoms with Gasteiger partial charge in [0.25, 0.3) is 11.5 Å². The van der Waals surface area contributed by atoms with Gasteiger partial charge < -0.3 is 33.3 Å². The highest BCUT2D eigenvalue weighted by Crippen LogP contribution is 2.37. The number of esters is 1. The maximum Gasteiger partial charge on any atom is 0.338 e. The standard InChI is InChI=1S/C33H37N3O9S/c1-6-43-26-16-21(8-11-24(26)45-19-28(37)35-12-14-42-15-13-35)17-27-31(38)36-30(23-10-9-22(40-4)18-25(23)41-5)29(32(39)44-7-2)20(3)34-33(36)46-27/h8-11,16-18,30H,6-7,12-15,19H2,1-5H3/b27-17+/t30-/m0/s1. The van der Waals surface area contributed by atoms with E-state index >= 15 is 0 Å². The number of benzene rings is 2. The summed E-state index contributed by atoms with van der Waals surface area (Å²) in [5, 5.41) is 0. The summed E-state index contributed by atoms with van der Waals surface area (Å²) in [5.41, 5.74) is 1.62. The minimum Gasteiger partial charge on any atom is -0.497 e. The summed E-state index contributed by atoms with van der Waals surface area (Å²) in [7, 11) is 3.07. The lowest BCUT2D eigenvalue weighted by Gasteiger charge is -2.26. The predicted molar refractivity (Wildman–Crippen MR) is 170 cm³/mol. The predicted octanol–water partition coefficient (Wildman–Crippen LogP) is 2.45. The van der Waals surface area contributed by atoms with Crippen LogP contribution in [0.5, 0.6) is 23.0 Å². The van der Waals surface area contributed by atoms with Gasteiger partial charge >= 0.3 is 5.97 Å². The van der Waals surface area contributed by atoms with E-state index in [2.05, 4.69) is 4.99 Å². The van der Waals surface area contributed by atoms with E-state index in [-0.39, 0.29) is 30.3 Å². The Bertz CT molecular complexity index is 1820. The number of methoxy groups -OCH3 is 2. The second kappa shape index (κ2) is 14.6. The number of ether oxygens (including phenoxy) is 6. The molecule has 2 aliphatic heterocycles. The number of carbonyl (C=O) groups excluding carboxylic acids is 2. The maximum atomic E-state index is 14.1. The molecule has 3 heterocycles. The summed E-state index contributed by atoms with van der Waals surface area (Å²) in [6.07, 6.45) is 1.74. The fourth-order valence-corrected chi connectivity index (χ4v) is 6.37. The first-order chi connectivity index (χ1) is 22.3. The van der Waals surface area contributed by atoms with E-state index in [9.17, 15) is 14.4 Å². The molecule has 1 saturated heterocycles. The van der Waals surface area contributed by atoms with E-state index < -0.39 is 12.0 Å². The molecule has 0 spiro atoms. The van der Waals surface area contributed by atoms with Gasteiger partial charge in [-0.25, -0.2) is 9.79 Å². The Morgan fingerprint density at radius 2 is 1.78 bits per heavy atom. The van der Waals surface area contributed by atoms with Crippen molar-refractivity contribution in [1.29, 1.82) is 0 Å². The zero-order valence-corrected chi connectivity index (χ0v) is 27.3. The van der Waals surface area contributed by atoms with E-state index in [1.807, 2.05) is 6.92 Å². The molecule has 3 aromatic rings. The van der Waals surface area contributed by atoms with Gasteiger partial charge in [-0.05, 0) is 56.7 Å². The van der Waals surface area contributed by atoms with E-state index in [1.165, 1.54) is 23.0 Å². The van der Waals surface area contributed by atoms with E-state index in [0.717, 1.165) is 0 Å². The van der Waals surface area contributed by atoms with Gasteiger partial charge in [0.1, 0.15) is 17.5 Å². The summed E-state index contributed by atoms with van der Waals surface area (Å²) in [4.78, 5) is 46.8. The summed E-state index contributed by atoms with van der Waals surface area (Å²) < 4.78 is 35.3. The number of thiazole rings is 1. The Balaban J connectivity index is 1.54. The number of allylic oxidation sites excluding steroid dienone is 1. The van der Waals surface area contributed by atoms with Crippen molar-refractivity contribution in [1.82, 2.24) is 9.47 Å². The van der Waals surface area contributed by atoms with Gasteiger partial charge in [0.2, 0.25) is 0 Å². The molecule has 2 aliphatic rings. The van der Waals surface area contributed by atoms with Crippen LogP contribution in [-0.4, -0.2) is 81.7 Å². The highest BCUT2D eigenvalue weighted by molar-refractivity contribution is 7.07. The van der Waals surface area contributed by atoms with Gasteiger partial charge in [-0.1, -0.05) is 17.4 Å². The highest BCUT2D eigenvalue weighted by atomic mass is 32.1. The molecular formula is C33H37N3O9S. The second-order valence-electron chi connectivity index (χ2n) is 10.3. The third-order valence-corrected chi connectivity index (χ3v) is 8.52. The molecule has 46 heavy (non-hydrogen) atoms. The molecule has 5 rings (SSSR count). The Labute approximate surface area is 270 Å². The van der Waals surface area contributed by atoms with Crippen LogP contribution in [0.15, 0.2) is 57.5 Å². The van der Waals surface area contributed by atoms with Gasteiger partial charge in [0.05, 0.1) is 56.4 Å². The average molecular weight is 652 g/mol. The molecule has 0 bridgehead atoms. The summed E-state index contributed by atoms with van der Waals surface area (Å²) in [6.45, 7) is 7.78. The molecule has 0 saturated carbocycles. The first kappa shape index (κ1) is 32.8. The zero-order valence-electron chi connectivity index (χ0n) is 26.5. The number of rotatable bonds is 11. The number of hydrogen-bond acceptors (Lipinski definition) is 11. The summed E-state index contributed by atoms with van der Waals surface area (Å²) >= 11 is 1.20. The lowest BCUT2D eigenvalue weighted by Crippen LogP contribution is -2.43. The Morgan fingerprint density at radius 3 is 2.48 bits per heavy atom. The number of aromatic nitrogens is 1. The zero-order chi connectivity index (χ0) is 32.8. The monoisotopic (exact) mass is 651 g/mol. The van der Waals surface area contributed by atoms with E-state index in [0.29, 0.717) is 82.1 Å². The van der Waals surface area contributed by atoms with E-state index in [1.54, 1.807) is 68.3 Å². The van der Waals surface area contributed by atoms with Crippen LogP contribution in [-0.2, 0) is 19.1 Å². The molecule has 12 nitrogen and oxygen atoms in total. The molecule has 13 heteroatoms. The largest absolute Gasteiger partial charge is 0.497 e. The van der Waals surface area contributed by atoms with Crippen LogP contribution >= 0.6 is 11.3 Å². The third kappa shape index (κ3) is 6.80. The van der Waals surface area contributed by atoms with Gasteiger partial charge in [0, 0.05) is 24.7 Å². The number of carbonyl (C=O) groups is 2. The van der Waals surface area contributed by atoms with Crippen molar-refractivity contribution >= 4 is 29.3 Å². The van der Waals surface area contributed by atoms with Crippen LogP contribution < -0.4 is 33.8 Å². The molecule has 0 radical (unpaired) electrons. The first-order valence-corrected chi connectivity index (χ1v) is 15.8. The molecular weight excluding hydrogens is 614 g/mol. The van der Waals surface area contributed by atoms with Crippen molar-refractivity contribution in [3.05, 3.63) is 78.5 Å². The number of amides is 1. The number of fused-ring (bicyclic) bond motifs is 1. The Morgan fingerprint density at radius 1 is 1.00 bits per heavy atom. The normalized spacial score (nSPS) is 16.4. The third-order valence-electron chi connectivity index (χ3n) is 7.53. The van der Waals surface area contributed by atoms with Gasteiger partial charge in [-0.2, -0.15) is 0 Å². The van der Waals surface area contributed by atoms with Crippen LogP contribution in [0.3, 0.4) is 0 Å². The maximum absolute atomic E-state index is 14.1. The van der Waals surface area contributed by atoms with E-state index in [4.69, 9.17) is 28.4 Å². The molecule has 1 atom stereocenters. The summed E-state index contributed by atoms with van der Waals surface area (Å²) in [5.74, 6) is 1.18. The smallest absolute Gasteiger partial charge is 0.338 e. The topological polar surface area (TPSA) is 127 Å². The molecule has 1 fully saturated rings. The number of nitrogens with zero attached hydrogens (tertiary/aromatic N) is 3. The van der Waals surface area contributed by atoms with Crippen molar-refractivity contribution in [2.24, 2.45) is 4.99 Å². The first-order valence-electron chi connectivity index (χ1n) is 15.0. The molecule has 1 aromatic heterocycles. The van der Waals surface area contributed by atoms with Crippen LogP contribution in [0.4, 0.5) is 0 Å². The van der Waals surface area contributed by atoms with Crippen molar-refractivity contribution in [3.8, 4) is 23.0 Å². The van der Waals surface area contributed by atoms with Crippen molar-refractivity contribution in [2.75, 3.05) is 60.3 Å². The van der Waals surface area contributed by atoms with Gasteiger partial charge in [-0.15, -0.1) is 0 Å². The quantitative estimate of drug-likeness (QED) is 0.288. The van der Waals surface area contributed by atoms with Crippen LogP contribution in [0.1, 0.15) is 37.9 Å². The second-order valence-corrected chi connectivity index (χ2v) is 11.3. The fraction of sp³-hybridized carbons (Fsp3) is 0.394. The van der Waals surface area contributed by atoms with Gasteiger partial charge in [-0.3, -0.25) is 14.2 Å². The van der Waals surface area contributed by atoms with Crippen molar-refractivity contribution in [3.63, 3.8) is 0 Å².